The molecule has 384 valence electrons. The largest absolute Gasteiger partial charge is 0.462 e. The summed E-state index contributed by atoms with van der Waals surface area (Å²) in [6, 6.07) is 0. The van der Waals surface area contributed by atoms with Gasteiger partial charge in [0.15, 0.2) is 6.10 Å². The lowest BCUT2D eigenvalue weighted by atomic mass is 10.0. The molecule has 0 saturated heterocycles. The molecule has 0 amide bonds. The molecule has 0 radical (unpaired) electrons. The van der Waals surface area contributed by atoms with Crippen LogP contribution in [0, 0.1) is 0 Å². The van der Waals surface area contributed by atoms with Crippen LogP contribution in [0.2, 0.25) is 0 Å². The fraction of sp³-hybridized carbons (Fsp3) is 0.817. The molecule has 6 heteroatoms. The van der Waals surface area contributed by atoms with Crippen molar-refractivity contribution in [1.29, 1.82) is 0 Å². The van der Waals surface area contributed by atoms with Gasteiger partial charge in [0.05, 0.1) is 0 Å². The third-order valence-corrected chi connectivity index (χ3v) is 12.6. The second-order valence-electron chi connectivity index (χ2n) is 19.2. The van der Waals surface area contributed by atoms with E-state index in [1.165, 1.54) is 167 Å². The summed E-state index contributed by atoms with van der Waals surface area (Å²) < 4.78 is 16.8. The number of unbranched alkanes of at least 4 members (excludes halogenated alkanes) is 33. The van der Waals surface area contributed by atoms with E-state index in [0.29, 0.717) is 19.3 Å². The van der Waals surface area contributed by atoms with Crippen molar-refractivity contribution in [2.75, 3.05) is 13.2 Å². The summed E-state index contributed by atoms with van der Waals surface area (Å²) in [4.78, 5) is 38.1. The van der Waals surface area contributed by atoms with Gasteiger partial charge in [0.2, 0.25) is 0 Å². The molecule has 0 aromatic heterocycles. The number of carbonyl (C=O) groups excluding carboxylic acids is 3. The molecule has 0 aliphatic heterocycles. The van der Waals surface area contributed by atoms with Gasteiger partial charge in [-0.2, -0.15) is 0 Å². The van der Waals surface area contributed by atoms with E-state index in [9.17, 15) is 14.4 Å². The molecule has 0 aromatic rings. The van der Waals surface area contributed by atoms with Crippen LogP contribution in [-0.4, -0.2) is 37.2 Å². The SMILES string of the molecule is CCCCC/C=C/C/C=C/C/C=C/CCCCCCC(=O)OC[C@@H](COC(=O)CCCCCCC/C=C/CCCCCCC)OC(=O)CCCCCCCCCCCCCCCCCCC. The molecule has 0 spiro atoms. The third-order valence-electron chi connectivity index (χ3n) is 12.6. The highest BCUT2D eigenvalue weighted by molar-refractivity contribution is 5.71. The highest BCUT2D eigenvalue weighted by atomic mass is 16.6. The number of rotatable bonds is 52. The Kier molecular flexibility index (Phi) is 52.8. The number of carbonyl (C=O) groups is 3. The summed E-state index contributed by atoms with van der Waals surface area (Å²) in [6.45, 7) is 6.61. The second kappa shape index (κ2) is 55.0. The zero-order chi connectivity index (χ0) is 47.9. The van der Waals surface area contributed by atoms with Crippen LogP contribution in [-0.2, 0) is 28.6 Å². The van der Waals surface area contributed by atoms with Gasteiger partial charge in [-0.05, 0) is 83.5 Å². The minimum atomic E-state index is -0.783. The summed E-state index contributed by atoms with van der Waals surface area (Å²) in [5, 5.41) is 0. The van der Waals surface area contributed by atoms with Crippen molar-refractivity contribution in [3.63, 3.8) is 0 Å². The second-order valence-corrected chi connectivity index (χ2v) is 19.2. The maximum absolute atomic E-state index is 12.9. The van der Waals surface area contributed by atoms with Crippen molar-refractivity contribution in [1.82, 2.24) is 0 Å². The van der Waals surface area contributed by atoms with E-state index in [1.54, 1.807) is 0 Å². The summed E-state index contributed by atoms with van der Waals surface area (Å²) in [5.74, 6) is -0.897. The molecule has 0 fully saturated rings. The van der Waals surface area contributed by atoms with Crippen LogP contribution >= 0.6 is 0 Å². The first-order valence-corrected chi connectivity index (χ1v) is 28.6. The van der Waals surface area contributed by atoms with Crippen LogP contribution in [0.25, 0.3) is 0 Å². The van der Waals surface area contributed by atoms with Crippen molar-refractivity contribution in [2.24, 2.45) is 0 Å². The molecule has 0 saturated carbocycles. The zero-order valence-electron chi connectivity index (χ0n) is 44.0. The number of ether oxygens (including phenoxy) is 3. The Balaban J connectivity index is 4.40. The van der Waals surface area contributed by atoms with Crippen LogP contribution < -0.4 is 0 Å². The van der Waals surface area contributed by atoms with E-state index in [0.717, 1.165) is 89.9 Å². The van der Waals surface area contributed by atoms with E-state index in [2.05, 4.69) is 69.4 Å². The van der Waals surface area contributed by atoms with Crippen molar-refractivity contribution in [3.8, 4) is 0 Å². The molecule has 0 aliphatic rings. The molecular weight excluding hydrogens is 817 g/mol. The van der Waals surface area contributed by atoms with E-state index in [4.69, 9.17) is 14.2 Å². The standard InChI is InChI=1S/C60H108O6/c1-4-7-10-13-16-19-22-25-28-30-32-35-38-41-44-47-50-53-59(62)65-56-57(55-64-58(61)52-49-46-43-40-37-34-27-24-21-18-15-12-9-6-3)66-60(63)54-51-48-45-42-39-36-33-31-29-26-23-20-17-14-11-8-5-2/h16,19,24-25,27-28,32,35,57H,4-15,17-18,20-23,26,29-31,33-34,36-56H2,1-3H3/b19-16+,27-24+,28-25+,35-32+/t57-/m1/s1. The predicted molar refractivity (Wildman–Crippen MR) is 284 cm³/mol. The Morgan fingerprint density at radius 2 is 0.545 bits per heavy atom. The summed E-state index contributed by atoms with van der Waals surface area (Å²) in [7, 11) is 0. The fourth-order valence-electron chi connectivity index (χ4n) is 8.21. The first-order chi connectivity index (χ1) is 32.5. The third kappa shape index (κ3) is 52.3. The molecule has 0 heterocycles. The van der Waals surface area contributed by atoms with Gasteiger partial charge in [0.1, 0.15) is 13.2 Å². The molecule has 0 bridgehead atoms. The van der Waals surface area contributed by atoms with Crippen LogP contribution in [0.4, 0.5) is 0 Å². The van der Waals surface area contributed by atoms with Gasteiger partial charge in [-0.25, -0.2) is 0 Å². The lowest BCUT2D eigenvalue weighted by Crippen LogP contribution is -2.30. The fourth-order valence-corrected chi connectivity index (χ4v) is 8.21. The molecule has 1 atom stereocenters. The Morgan fingerprint density at radius 1 is 0.303 bits per heavy atom. The smallest absolute Gasteiger partial charge is 0.306 e. The van der Waals surface area contributed by atoms with Crippen molar-refractivity contribution < 1.29 is 28.6 Å². The van der Waals surface area contributed by atoms with E-state index in [1.807, 2.05) is 0 Å². The summed E-state index contributed by atoms with van der Waals surface area (Å²) in [5.41, 5.74) is 0. The summed E-state index contributed by atoms with van der Waals surface area (Å²) in [6.07, 6.45) is 66.7. The van der Waals surface area contributed by atoms with E-state index >= 15 is 0 Å². The normalized spacial score (nSPS) is 12.3. The average Bonchev–Trinajstić information content (AvgIpc) is 3.31. The van der Waals surface area contributed by atoms with Gasteiger partial charge in [-0.15, -0.1) is 0 Å². The van der Waals surface area contributed by atoms with Crippen molar-refractivity contribution in [3.05, 3.63) is 48.6 Å². The van der Waals surface area contributed by atoms with Gasteiger partial charge < -0.3 is 14.2 Å². The lowest BCUT2D eigenvalue weighted by Gasteiger charge is -2.18. The number of hydrogen-bond donors (Lipinski definition) is 0. The Bertz CT molecular complexity index is 1150. The zero-order valence-corrected chi connectivity index (χ0v) is 44.0. The van der Waals surface area contributed by atoms with Crippen LogP contribution in [0.3, 0.4) is 0 Å². The molecule has 0 unspecified atom stereocenters. The minimum absolute atomic E-state index is 0.0820. The van der Waals surface area contributed by atoms with Crippen molar-refractivity contribution >= 4 is 17.9 Å². The van der Waals surface area contributed by atoms with E-state index in [-0.39, 0.29) is 31.1 Å². The molecule has 0 aliphatic carbocycles. The molecule has 0 aromatic carbocycles. The Labute approximate surface area is 409 Å². The predicted octanol–water partition coefficient (Wildman–Crippen LogP) is 19.0. The van der Waals surface area contributed by atoms with Gasteiger partial charge in [0.25, 0.3) is 0 Å². The molecule has 0 N–H and O–H groups in total. The van der Waals surface area contributed by atoms with Gasteiger partial charge in [-0.1, -0.05) is 243 Å². The van der Waals surface area contributed by atoms with Gasteiger partial charge >= 0.3 is 17.9 Å². The molecule has 66 heavy (non-hydrogen) atoms. The number of hydrogen-bond acceptors (Lipinski definition) is 6. The Morgan fingerprint density at radius 3 is 0.894 bits per heavy atom. The number of allylic oxidation sites excluding steroid dienone is 8. The first-order valence-electron chi connectivity index (χ1n) is 28.6. The lowest BCUT2D eigenvalue weighted by molar-refractivity contribution is -0.167. The van der Waals surface area contributed by atoms with Gasteiger partial charge in [-0.3, -0.25) is 14.4 Å². The van der Waals surface area contributed by atoms with Crippen LogP contribution in [0.1, 0.15) is 297 Å². The van der Waals surface area contributed by atoms with E-state index < -0.39 is 6.10 Å². The highest BCUT2D eigenvalue weighted by Gasteiger charge is 2.19. The average molecular weight is 926 g/mol. The number of esters is 3. The van der Waals surface area contributed by atoms with Crippen LogP contribution in [0.15, 0.2) is 48.6 Å². The maximum atomic E-state index is 12.9. The Hall–Kier alpha value is -2.63. The molecular formula is C60H108O6. The van der Waals surface area contributed by atoms with Crippen molar-refractivity contribution in [2.45, 2.75) is 303 Å². The summed E-state index contributed by atoms with van der Waals surface area (Å²) >= 11 is 0. The highest BCUT2D eigenvalue weighted by Crippen LogP contribution is 2.16. The quantitative estimate of drug-likeness (QED) is 0.0262. The molecule has 6 nitrogen and oxygen atoms in total. The van der Waals surface area contributed by atoms with Crippen LogP contribution in [0.5, 0.6) is 0 Å². The monoisotopic (exact) mass is 925 g/mol. The maximum Gasteiger partial charge on any atom is 0.306 e. The molecule has 0 rings (SSSR count). The topological polar surface area (TPSA) is 78.9 Å². The first kappa shape index (κ1) is 63.4. The van der Waals surface area contributed by atoms with Gasteiger partial charge in [0, 0.05) is 19.3 Å². The minimum Gasteiger partial charge on any atom is -0.462 e.